The number of ether oxygens (including phenoxy) is 2. The minimum atomic E-state index is -4.88. The maximum Gasteiger partial charge on any atom is 0.421 e. The second-order valence-electron chi connectivity index (χ2n) is 10.4. The predicted octanol–water partition coefficient (Wildman–Crippen LogP) is 4.11. The van der Waals surface area contributed by atoms with Gasteiger partial charge in [-0.25, -0.2) is 24.9 Å². The van der Waals surface area contributed by atoms with E-state index in [-0.39, 0.29) is 23.7 Å². The van der Waals surface area contributed by atoms with Gasteiger partial charge in [-0.05, 0) is 57.0 Å². The number of aromatic nitrogens is 2. The number of carbonyl (C=O) groups is 2. The third-order valence-corrected chi connectivity index (χ3v) is 9.74. The Morgan fingerprint density at radius 3 is 1.85 bits per heavy atom. The number of guanidine groups is 1. The average molecular weight is 691 g/mol. The molecule has 3 aromatic rings. The van der Waals surface area contributed by atoms with Crippen molar-refractivity contribution in [3.63, 3.8) is 0 Å². The molecule has 0 bridgehead atoms. The van der Waals surface area contributed by atoms with E-state index >= 15 is 0 Å². The van der Waals surface area contributed by atoms with Gasteiger partial charge in [0.2, 0.25) is 0 Å². The van der Waals surface area contributed by atoms with Crippen molar-refractivity contribution in [2.45, 2.75) is 69.1 Å². The normalized spacial score (nSPS) is 12.1. The third-order valence-electron chi connectivity index (χ3n) is 6.70. The first-order valence-electron chi connectivity index (χ1n) is 14.9. The van der Waals surface area contributed by atoms with Crippen LogP contribution in [-0.4, -0.2) is 69.7 Å². The topological polar surface area (TPSA) is 183 Å². The highest BCUT2D eigenvalue weighted by Gasteiger charge is 2.38. The highest BCUT2D eigenvalue weighted by atomic mass is 32.2. The summed E-state index contributed by atoms with van der Waals surface area (Å²) in [5, 5.41) is 2.65. The van der Waals surface area contributed by atoms with E-state index in [0.717, 1.165) is 52.0 Å². The largest absolute Gasteiger partial charge is 0.465 e. The number of methoxy groups -OCH3 is 2. The molecule has 14 nitrogen and oxygen atoms in total. The molecule has 0 atom stereocenters. The van der Waals surface area contributed by atoms with Gasteiger partial charge in [0.1, 0.15) is 16.4 Å². The SMILES string of the molecule is CCCCCCCCO[N+](=C(Nc1nc(C)cc(C)n1)NS(=O)(=O)c1ccccc1C(=O)OC)S(=O)(=O)c1ccccc1C(=O)OC. The summed E-state index contributed by atoms with van der Waals surface area (Å²) < 4.78 is 68.7. The molecule has 0 fully saturated rings. The lowest BCUT2D eigenvalue weighted by Crippen LogP contribution is -2.46. The summed E-state index contributed by atoms with van der Waals surface area (Å²) >= 11 is 0. The number of aryl methyl sites for hydroxylation is 2. The van der Waals surface area contributed by atoms with Gasteiger partial charge in [-0.1, -0.05) is 56.9 Å². The maximum absolute atomic E-state index is 14.4. The summed E-state index contributed by atoms with van der Waals surface area (Å²) in [5.74, 6) is -2.79. The summed E-state index contributed by atoms with van der Waals surface area (Å²) in [7, 11) is -7.42. The monoisotopic (exact) mass is 690 g/mol. The van der Waals surface area contributed by atoms with Crippen LogP contribution in [0.5, 0.6) is 0 Å². The fourth-order valence-electron chi connectivity index (χ4n) is 4.50. The summed E-state index contributed by atoms with van der Waals surface area (Å²) in [6.45, 7) is 5.29. The number of nitrogens with one attached hydrogen (secondary N) is 2. The minimum Gasteiger partial charge on any atom is -0.465 e. The fraction of sp³-hybridized carbons (Fsp3) is 0.387. The number of hydrogen-bond acceptors (Lipinski definition) is 11. The van der Waals surface area contributed by atoms with Crippen molar-refractivity contribution in [2.24, 2.45) is 0 Å². The smallest absolute Gasteiger partial charge is 0.421 e. The van der Waals surface area contributed by atoms with Crippen molar-refractivity contribution >= 4 is 43.9 Å². The first kappa shape index (κ1) is 36.9. The van der Waals surface area contributed by atoms with Crippen LogP contribution in [0.2, 0.25) is 0 Å². The van der Waals surface area contributed by atoms with Crippen molar-refractivity contribution in [1.82, 2.24) is 14.7 Å². The molecule has 0 aliphatic rings. The van der Waals surface area contributed by atoms with Crippen LogP contribution < -0.4 is 10.0 Å². The van der Waals surface area contributed by atoms with Gasteiger partial charge in [0.05, 0.1) is 25.3 Å². The minimum absolute atomic E-state index is 0.148. The van der Waals surface area contributed by atoms with Gasteiger partial charge in [-0.15, -0.1) is 0 Å². The highest BCUT2D eigenvalue weighted by molar-refractivity contribution is 7.90. The average Bonchev–Trinajstić information content (AvgIpc) is 3.04. The molecule has 16 heteroatoms. The van der Waals surface area contributed by atoms with Gasteiger partial charge in [0.25, 0.3) is 5.95 Å². The molecule has 2 N–H and O–H groups in total. The van der Waals surface area contributed by atoms with Crippen molar-refractivity contribution in [3.05, 3.63) is 77.1 Å². The van der Waals surface area contributed by atoms with E-state index in [4.69, 9.17) is 14.3 Å². The van der Waals surface area contributed by atoms with E-state index in [1.807, 2.05) is 0 Å². The summed E-state index contributed by atoms with van der Waals surface area (Å²) in [5.41, 5.74) is 0.375. The molecule has 1 heterocycles. The lowest BCUT2D eigenvalue weighted by atomic mass is 10.1. The number of esters is 2. The molecule has 0 saturated carbocycles. The van der Waals surface area contributed by atoms with Crippen LogP contribution in [0.25, 0.3) is 0 Å². The molecular formula is C31H40N5O9S2+. The van der Waals surface area contributed by atoms with E-state index in [0.29, 0.717) is 28.4 Å². The van der Waals surface area contributed by atoms with Gasteiger partial charge in [0, 0.05) is 15.5 Å². The molecule has 254 valence electrons. The Balaban J connectivity index is 2.27. The molecule has 47 heavy (non-hydrogen) atoms. The lowest BCUT2D eigenvalue weighted by molar-refractivity contribution is -0.677. The Labute approximate surface area is 275 Å². The summed E-state index contributed by atoms with van der Waals surface area (Å²) in [6.07, 6.45) is 5.13. The number of rotatable bonds is 15. The molecular weight excluding hydrogens is 651 g/mol. The first-order valence-corrected chi connectivity index (χ1v) is 17.8. The molecule has 1 aromatic heterocycles. The van der Waals surface area contributed by atoms with Gasteiger partial charge in [0.15, 0.2) is 0 Å². The first-order chi connectivity index (χ1) is 22.3. The van der Waals surface area contributed by atoms with Crippen LogP contribution in [-0.2, 0) is 34.4 Å². The van der Waals surface area contributed by atoms with Crippen LogP contribution in [0.4, 0.5) is 5.95 Å². The number of hydrogen-bond donors (Lipinski definition) is 2. The molecule has 0 unspecified atom stereocenters. The van der Waals surface area contributed by atoms with E-state index in [2.05, 4.69) is 26.9 Å². The zero-order valence-corrected chi connectivity index (χ0v) is 28.6. The van der Waals surface area contributed by atoms with E-state index in [1.54, 1.807) is 19.9 Å². The predicted molar refractivity (Wildman–Crippen MR) is 173 cm³/mol. The Morgan fingerprint density at radius 2 is 1.28 bits per heavy atom. The van der Waals surface area contributed by atoms with E-state index in [1.165, 1.54) is 36.4 Å². The molecule has 2 aromatic carbocycles. The van der Waals surface area contributed by atoms with E-state index in [9.17, 15) is 26.4 Å². The van der Waals surface area contributed by atoms with Crippen molar-refractivity contribution in [3.8, 4) is 0 Å². The molecule has 0 aliphatic carbocycles. The molecule has 0 spiro atoms. The second-order valence-corrected chi connectivity index (χ2v) is 13.7. The second kappa shape index (κ2) is 16.8. The molecule has 0 aliphatic heterocycles. The number of carbonyl (C=O) groups excluding carboxylic acids is 2. The van der Waals surface area contributed by atoms with Gasteiger partial charge in [-0.2, -0.15) is 21.6 Å². The maximum atomic E-state index is 14.4. The standard InChI is InChI=1S/C31H39N5O9S2/c1-6-7-8-9-10-15-20-45-36(47(41,42)27-19-14-12-17-25(27)29(38)44-5)31(34-30-32-22(2)21-23(3)33-30)35-46(39,40)26-18-13-11-16-24(26)28(37)43-4/h11-14,16-19,21H,6-10,15,20H2,1-5H3,(H,32,33,34,35)/p+1. The lowest BCUT2D eigenvalue weighted by Gasteiger charge is -2.16. The zero-order chi connectivity index (χ0) is 34.6. The van der Waals surface area contributed by atoms with Crippen LogP contribution in [0, 0.1) is 13.8 Å². The molecule has 0 radical (unpaired) electrons. The summed E-state index contributed by atoms with van der Waals surface area (Å²) in [6, 6.07) is 12.2. The van der Waals surface area contributed by atoms with Crippen molar-refractivity contribution in [2.75, 3.05) is 26.1 Å². The van der Waals surface area contributed by atoms with Crippen molar-refractivity contribution in [1.29, 1.82) is 0 Å². The van der Waals surface area contributed by atoms with Gasteiger partial charge in [-0.3, -0.25) is 0 Å². The number of benzene rings is 2. The van der Waals surface area contributed by atoms with Crippen LogP contribution in [0.15, 0.2) is 64.4 Å². The number of unbranched alkanes of at least 4 members (excludes halogenated alkanes) is 5. The fourth-order valence-corrected chi connectivity index (χ4v) is 7.16. The van der Waals surface area contributed by atoms with Crippen LogP contribution in [0.3, 0.4) is 0 Å². The van der Waals surface area contributed by atoms with Crippen LogP contribution >= 0.6 is 0 Å². The number of anilines is 1. The Bertz CT molecular complexity index is 1810. The van der Waals surface area contributed by atoms with Gasteiger partial charge < -0.3 is 14.3 Å². The number of nitrogens with zero attached hydrogens (tertiary/aromatic N) is 3. The molecule has 3 rings (SSSR count). The molecule has 0 amide bonds. The highest BCUT2D eigenvalue weighted by Crippen LogP contribution is 2.21. The van der Waals surface area contributed by atoms with Crippen molar-refractivity contribution < 1.29 is 44.9 Å². The Morgan fingerprint density at radius 1 is 0.766 bits per heavy atom. The molecule has 0 saturated heterocycles. The third kappa shape index (κ3) is 9.71. The number of sulfonamides is 2. The Kier molecular flexibility index (Phi) is 13.2. The van der Waals surface area contributed by atoms with Gasteiger partial charge >= 0.3 is 37.9 Å². The Hall–Kier alpha value is -4.57. The quantitative estimate of drug-likeness (QED) is 0.0582. The zero-order valence-electron chi connectivity index (χ0n) is 27.0. The summed E-state index contributed by atoms with van der Waals surface area (Å²) in [4.78, 5) is 38.4. The van der Waals surface area contributed by atoms with E-state index < -0.39 is 47.7 Å². The van der Waals surface area contributed by atoms with Crippen LogP contribution in [0.1, 0.15) is 77.6 Å².